The van der Waals surface area contributed by atoms with Gasteiger partial charge in [0, 0.05) is 23.2 Å². The summed E-state index contributed by atoms with van der Waals surface area (Å²) in [6, 6.07) is 11.9. The Bertz CT molecular complexity index is 1220. The van der Waals surface area contributed by atoms with Crippen LogP contribution in [-0.4, -0.2) is 21.0 Å². The lowest BCUT2D eigenvalue weighted by molar-refractivity contribution is -0.0210. The fourth-order valence-electron chi connectivity index (χ4n) is 4.60. The normalized spacial score (nSPS) is 18.0. The maximum atomic E-state index is 15.1. The van der Waals surface area contributed by atoms with Gasteiger partial charge in [0.1, 0.15) is 7.85 Å². The summed E-state index contributed by atoms with van der Waals surface area (Å²) >= 11 is 0. The minimum absolute atomic E-state index is 0.0175. The number of ether oxygens (including phenoxy) is 2. The highest BCUT2D eigenvalue weighted by Crippen LogP contribution is 2.37. The molecule has 0 N–H and O–H groups in total. The van der Waals surface area contributed by atoms with Gasteiger partial charge in [0.15, 0.2) is 23.2 Å². The quantitative estimate of drug-likeness (QED) is 0.180. The molecule has 2 radical (unpaired) electrons. The van der Waals surface area contributed by atoms with Gasteiger partial charge in [-0.1, -0.05) is 48.6 Å². The van der Waals surface area contributed by atoms with Gasteiger partial charge in [-0.15, -0.1) is 0 Å². The van der Waals surface area contributed by atoms with Gasteiger partial charge in [0.2, 0.25) is 5.82 Å². The van der Waals surface area contributed by atoms with E-state index in [1.807, 2.05) is 13.0 Å². The van der Waals surface area contributed by atoms with Crippen LogP contribution in [0.2, 0.25) is 0 Å². The summed E-state index contributed by atoms with van der Waals surface area (Å²) in [5.74, 6) is -3.95. The molecule has 3 aromatic carbocycles. The van der Waals surface area contributed by atoms with E-state index in [2.05, 4.69) is 6.08 Å². The zero-order valence-electron chi connectivity index (χ0n) is 20.1. The summed E-state index contributed by atoms with van der Waals surface area (Å²) in [6.07, 6.45) is 7.22. The van der Waals surface area contributed by atoms with Crippen molar-refractivity contribution < 1.29 is 27.0 Å². The third kappa shape index (κ3) is 5.51. The van der Waals surface area contributed by atoms with Crippen LogP contribution < -0.4 is 4.74 Å². The maximum absolute atomic E-state index is 15.1. The van der Waals surface area contributed by atoms with Crippen molar-refractivity contribution in [2.45, 2.75) is 38.7 Å². The lowest BCUT2D eigenvalue weighted by Gasteiger charge is -2.29. The Hall–Kier alpha value is -3.06. The standard InChI is InChI=1S/C29H27BF4O2/c1-2-3-4-5-18-6-14-24(35-16-18)23-12-11-21(26(31)28(23)33)19-7-9-20(10-8-19)22-13-15-25(36-17-30)29(34)27(22)32/h2-3,7-13,15,18,24H,4-6,14,16-17H2,1H3/b3-2+. The van der Waals surface area contributed by atoms with E-state index in [-0.39, 0.29) is 28.9 Å². The van der Waals surface area contributed by atoms with Crippen LogP contribution in [0.1, 0.15) is 44.3 Å². The predicted octanol–water partition coefficient (Wildman–Crippen LogP) is 7.91. The number of rotatable bonds is 8. The van der Waals surface area contributed by atoms with Gasteiger partial charge in [-0.3, -0.25) is 0 Å². The van der Waals surface area contributed by atoms with E-state index < -0.39 is 29.4 Å². The fraction of sp³-hybridized carbons (Fsp3) is 0.310. The number of benzene rings is 3. The summed E-state index contributed by atoms with van der Waals surface area (Å²) in [5.41, 5.74) is 1.12. The van der Waals surface area contributed by atoms with Crippen molar-refractivity contribution in [3.8, 4) is 28.0 Å². The van der Waals surface area contributed by atoms with E-state index in [0.29, 0.717) is 30.1 Å². The lowest BCUT2D eigenvalue weighted by Crippen LogP contribution is -2.21. The Morgan fingerprint density at radius 1 is 0.861 bits per heavy atom. The Morgan fingerprint density at radius 2 is 1.50 bits per heavy atom. The van der Waals surface area contributed by atoms with Crippen molar-refractivity contribution in [2.24, 2.45) is 5.92 Å². The molecular formula is C29H27BF4O2. The summed E-state index contributed by atoms with van der Waals surface area (Å²) in [6.45, 7) is 2.24. The van der Waals surface area contributed by atoms with E-state index in [1.165, 1.54) is 30.3 Å². The molecule has 3 aromatic rings. The van der Waals surface area contributed by atoms with Gasteiger partial charge >= 0.3 is 0 Å². The fourth-order valence-corrected chi connectivity index (χ4v) is 4.60. The molecule has 1 aliphatic rings. The molecule has 0 amide bonds. The van der Waals surface area contributed by atoms with E-state index >= 15 is 8.78 Å². The highest BCUT2D eigenvalue weighted by Gasteiger charge is 2.27. The molecule has 186 valence electrons. The molecule has 0 spiro atoms. The van der Waals surface area contributed by atoms with Crippen LogP contribution in [0.15, 0.2) is 60.7 Å². The first-order valence-electron chi connectivity index (χ1n) is 12.1. The van der Waals surface area contributed by atoms with Crippen molar-refractivity contribution in [1.82, 2.24) is 0 Å². The summed E-state index contributed by atoms with van der Waals surface area (Å²) in [4.78, 5) is 0. The molecule has 2 nitrogen and oxygen atoms in total. The van der Waals surface area contributed by atoms with Crippen LogP contribution in [0.25, 0.3) is 22.3 Å². The van der Waals surface area contributed by atoms with Crippen LogP contribution in [-0.2, 0) is 4.74 Å². The molecular weight excluding hydrogens is 467 g/mol. The molecule has 0 bridgehead atoms. The summed E-state index contributed by atoms with van der Waals surface area (Å²) in [5, 5.41) is 0. The van der Waals surface area contributed by atoms with Gasteiger partial charge in [-0.05, 0) is 61.8 Å². The van der Waals surface area contributed by atoms with Crippen LogP contribution >= 0.6 is 0 Å². The third-order valence-electron chi connectivity index (χ3n) is 6.60. The van der Waals surface area contributed by atoms with Gasteiger partial charge in [0.05, 0.1) is 12.7 Å². The number of halogens is 4. The minimum Gasteiger partial charge on any atom is -0.500 e. The van der Waals surface area contributed by atoms with Gasteiger partial charge in [-0.25, -0.2) is 13.2 Å². The first kappa shape index (κ1) is 26.0. The molecule has 36 heavy (non-hydrogen) atoms. The average Bonchev–Trinajstić information content (AvgIpc) is 2.90. The maximum Gasteiger partial charge on any atom is 0.201 e. The highest BCUT2D eigenvalue weighted by atomic mass is 19.2. The molecule has 1 fully saturated rings. The van der Waals surface area contributed by atoms with Crippen molar-refractivity contribution in [3.05, 3.63) is 89.5 Å². The van der Waals surface area contributed by atoms with E-state index in [9.17, 15) is 8.78 Å². The monoisotopic (exact) mass is 494 g/mol. The molecule has 0 aromatic heterocycles. The minimum atomic E-state index is -1.14. The highest BCUT2D eigenvalue weighted by molar-refractivity contribution is 6.08. The van der Waals surface area contributed by atoms with Crippen molar-refractivity contribution in [1.29, 1.82) is 0 Å². The van der Waals surface area contributed by atoms with Crippen molar-refractivity contribution in [2.75, 3.05) is 13.1 Å². The zero-order chi connectivity index (χ0) is 25.7. The molecule has 2 atom stereocenters. The zero-order valence-corrected chi connectivity index (χ0v) is 20.1. The molecule has 1 aliphatic heterocycles. The van der Waals surface area contributed by atoms with Gasteiger partial charge in [-0.2, -0.15) is 4.39 Å². The second-order valence-corrected chi connectivity index (χ2v) is 8.87. The predicted molar refractivity (Wildman–Crippen MR) is 134 cm³/mol. The number of hydrogen-bond acceptors (Lipinski definition) is 2. The number of allylic oxidation sites excluding steroid dienone is 2. The Morgan fingerprint density at radius 3 is 2.08 bits per heavy atom. The van der Waals surface area contributed by atoms with Crippen molar-refractivity contribution in [3.63, 3.8) is 0 Å². The topological polar surface area (TPSA) is 18.5 Å². The molecule has 2 unspecified atom stereocenters. The van der Waals surface area contributed by atoms with Crippen LogP contribution in [0.5, 0.6) is 5.75 Å². The average molecular weight is 494 g/mol. The molecule has 4 rings (SSSR count). The van der Waals surface area contributed by atoms with E-state index in [4.69, 9.17) is 17.3 Å². The summed E-state index contributed by atoms with van der Waals surface area (Å²) in [7, 11) is 5.22. The largest absolute Gasteiger partial charge is 0.500 e. The Labute approximate surface area is 210 Å². The number of hydrogen-bond donors (Lipinski definition) is 0. The second kappa shape index (κ2) is 11.8. The lowest BCUT2D eigenvalue weighted by atomic mass is 9.90. The smallest absolute Gasteiger partial charge is 0.201 e. The van der Waals surface area contributed by atoms with E-state index in [0.717, 1.165) is 19.3 Å². The Balaban J connectivity index is 1.50. The molecule has 0 aliphatic carbocycles. The van der Waals surface area contributed by atoms with Crippen LogP contribution in [0.4, 0.5) is 17.6 Å². The van der Waals surface area contributed by atoms with E-state index in [1.54, 1.807) is 18.2 Å². The Kier molecular flexibility index (Phi) is 8.52. The second-order valence-electron chi connectivity index (χ2n) is 8.87. The van der Waals surface area contributed by atoms with Crippen molar-refractivity contribution >= 4 is 7.85 Å². The molecule has 0 saturated carbocycles. The van der Waals surface area contributed by atoms with Crippen LogP contribution in [0.3, 0.4) is 0 Å². The molecule has 7 heteroatoms. The van der Waals surface area contributed by atoms with Crippen LogP contribution in [0, 0.1) is 29.2 Å². The summed E-state index contributed by atoms with van der Waals surface area (Å²) < 4.78 is 69.6. The molecule has 1 heterocycles. The third-order valence-corrected chi connectivity index (χ3v) is 6.60. The van der Waals surface area contributed by atoms with Gasteiger partial charge in [0.25, 0.3) is 0 Å². The molecule has 1 saturated heterocycles. The first-order valence-corrected chi connectivity index (χ1v) is 12.1. The van der Waals surface area contributed by atoms with Gasteiger partial charge < -0.3 is 9.47 Å². The SMILES string of the molecule is [B]COc1ccc(-c2ccc(-c3ccc(C4CCC(CC/C=C/C)CO4)c(F)c3F)cc2)c(F)c1F. The first-order chi connectivity index (χ1) is 17.4.